The molecule has 16 nitrogen and oxygen atoms in total. The van der Waals surface area contributed by atoms with Crippen LogP contribution >= 0.6 is 34.9 Å². The SMILES string of the molecule is Cn1nnnc1SCC1=C(C(=O)O)N2C(=O)C(NC(=O)C(NC(=O)C(=O)NC(=O)c3ccco3)c3cccs3)C2SC1. The zero-order chi connectivity index (χ0) is 30.0. The molecular formula is C23H20N8O8S3. The van der Waals surface area contributed by atoms with E-state index in [-0.39, 0.29) is 23.0 Å². The number of hydrogen-bond donors (Lipinski definition) is 4. The second-order valence-electron chi connectivity index (χ2n) is 8.71. The summed E-state index contributed by atoms with van der Waals surface area (Å²) in [5, 5.41) is 29.2. The molecule has 3 aromatic heterocycles. The molecule has 0 bridgehead atoms. The third-order valence-corrected chi connectivity index (χ3v) is 9.42. The van der Waals surface area contributed by atoms with Gasteiger partial charge in [-0.1, -0.05) is 17.8 Å². The minimum Gasteiger partial charge on any atom is -0.477 e. The van der Waals surface area contributed by atoms with Crippen molar-refractivity contribution in [2.45, 2.75) is 22.6 Å². The van der Waals surface area contributed by atoms with E-state index in [0.717, 1.165) is 16.2 Å². The number of nitrogens with one attached hydrogen (secondary N) is 3. The molecule has 19 heteroatoms. The van der Waals surface area contributed by atoms with E-state index in [1.807, 2.05) is 5.32 Å². The number of carboxylic acids is 1. The van der Waals surface area contributed by atoms with Gasteiger partial charge < -0.3 is 20.2 Å². The summed E-state index contributed by atoms with van der Waals surface area (Å²) in [5.41, 5.74) is 0.326. The molecule has 1 fully saturated rings. The van der Waals surface area contributed by atoms with Crippen molar-refractivity contribution in [3.63, 3.8) is 0 Å². The van der Waals surface area contributed by atoms with Gasteiger partial charge in [0.2, 0.25) is 11.1 Å². The Bertz CT molecular complexity index is 1590. The molecule has 0 saturated carbocycles. The first kappa shape index (κ1) is 29.0. The van der Waals surface area contributed by atoms with Crippen molar-refractivity contribution in [1.82, 2.24) is 41.1 Å². The molecule has 42 heavy (non-hydrogen) atoms. The summed E-state index contributed by atoms with van der Waals surface area (Å²) in [6, 6.07) is 3.44. The van der Waals surface area contributed by atoms with Gasteiger partial charge in [-0.2, -0.15) is 0 Å². The normalized spacial score (nSPS) is 18.5. The number of nitrogens with zero attached hydrogens (tertiary/aromatic N) is 5. The summed E-state index contributed by atoms with van der Waals surface area (Å²) < 4.78 is 6.33. The fourth-order valence-electron chi connectivity index (χ4n) is 4.07. The number of aromatic nitrogens is 4. The molecule has 3 unspecified atom stereocenters. The Hall–Kier alpha value is -4.49. The molecule has 0 aromatic carbocycles. The van der Waals surface area contributed by atoms with Gasteiger partial charge in [-0.05, 0) is 39.6 Å². The van der Waals surface area contributed by atoms with Crippen LogP contribution in [0.4, 0.5) is 0 Å². The Morgan fingerprint density at radius 1 is 1.21 bits per heavy atom. The van der Waals surface area contributed by atoms with Gasteiger partial charge >= 0.3 is 17.8 Å². The van der Waals surface area contributed by atoms with Crippen molar-refractivity contribution in [3.8, 4) is 0 Å². The number of hydrogen-bond acceptors (Lipinski definition) is 13. The number of fused-ring (bicyclic) bond motifs is 1. The molecule has 4 N–H and O–H groups in total. The maximum atomic E-state index is 13.3. The Kier molecular flexibility index (Phi) is 8.41. The van der Waals surface area contributed by atoms with Crippen LogP contribution in [0.25, 0.3) is 0 Å². The molecule has 5 heterocycles. The molecular weight excluding hydrogens is 613 g/mol. The fourth-order valence-corrected chi connectivity index (χ4v) is 7.18. The molecule has 0 radical (unpaired) electrons. The molecule has 1 saturated heterocycles. The Morgan fingerprint density at radius 3 is 2.67 bits per heavy atom. The Morgan fingerprint density at radius 2 is 2.02 bits per heavy atom. The lowest BCUT2D eigenvalue weighted by Gasteiger charge is -2.49. The molecule has 2 aliphatic rings. The number of carbonyl (C=O) groups is 6. The fraction of sp³-hybridized carbons (Fsp3) is 0.261. The number of imide groups is 1. The van der Waals surface area contributed by atoms with E-state index < -0.39 is 53.0 Å². The number of furan rings is 1. The summed E-state index contributed by atoms with van der Waals surface area (Å²) in [7, 11) is 1.64. The van der Waals surface area contributed by atoms with Crippen LogP contribution in [-0.4, -0.2) is 88.6 Å². The predicted octanol–water partition coefficient (Wildman–Crippen LogP) is -0.491. The van der Waals surface area contributed by atoms with Gasteiger partial charge in [0.15, 0.2) is 5.76 Å². The first-order chi connectivity index (χ1) is 20.2. The van der Waals surface area contributed by atoms with Crippen molar-refractivity contribution < 1.29 is 38.3 Å². The second kappa shape index (κ2) is 12.2. The van der Waals surface area contributed by atoms with E-state index in [0.29, 0.717) is 15.6 Å². The monoisotopic (exact) mass is 632 g/mol. The van der Waals surface area contributed by atoms with Gasteiger partial charge in [0.1, 0.15) is 23.2 Å². The number of thioether (sulfide) groups is 2. The number of aryl methyl sites for hydroxylation is 1. The molecule has 5 rings (SSSR count). The van der Waals surface area contributed by atoms with Crippen LogP contribution in [0.3, 0.4) is 0 Å². The molecule has 2 aliphatic heterocycles. The molecule has 3 aromatic rings. The molecule has 0 spiro atoms. The van der Waals surface area contributed by atoms with Gasteiger partial charge in [-0.15, -0.1) is 28.2 Å². The summed E-state index contributed by atoms with van der Waals surface area (Å²) >= 11 is 3.61. The van der Waals surface area contributed by atoms with Crippen molar-refractivity contribution >= 4 is 70.4 Å². The summed E-state index contributed by atoms with van der Waals surface area (Å²) in [6.45, 7) is 0. The number of aliphatic carboxylic acids is 1. The standard InChI is InChI=1S/C23H20N8O8S3/c1-30-23(27-28-29-30)42-9-10-8-41-21-14(20(36)31(21)15(10)22(37)38)25-17(33)13(12-5-3-7-40-12)24-18(34)19(35)26-16(32)11-4-2-6-39-11/h2-7,13-14,21H,8-9H2,1H3,(H,24,34)(H,25,33)(H,37,38)(H,26,32,35). The maximum Gasteiger partial charge on any atom is 0.352 e. The van der Waals surface area contributed by atoms with Crippen LogP contribution in [0.15, 0.2) is 56.8 Å². The van der Waals surface area contributed by atoms with E-state index in [2.05, 4.69) is 26.2 Å². The maximum absolute atomic E-state index is 13.3. The smallest absolute Gasteiger partial charge is 0.352 e. The lowest BCUT2D eigenvalue weighted by atomic mass is 10.0. The van der Waals surface area contributed by atoms with Gasteiger partial charge in [0.25, 0.3) is 11.8 Å². The van der Waals surface area contributed by atoms with Crippen molar-refractivity contribution in [2.24, 2.45) is 7.05 Å². The first-order valence-electron chi connectivity index (χ1n) is 11.9. The zero-order valence-corrected chi connectivity index (χ0v) is 23.8. The third kappa shape index (κ3) is 5.78. The van der Waals surface area contributed by atoms with Crippen molar-refractivity contribution in [1.29, 1.82) is 0 Å². The molecule has 5 amide bonds. The second-order valence-corrected chi connectivity index (χ2v) is 11.7. The highest BCUT2D eigenvalue weighted by Crippen LogP contribution is 2.41. The van der Waals surface area contributed by atoms with E-state index in [1.165, 1.54) is 46.6 Å². The number of carboxylic acid groups (broad SMARTS) is 1. The van der Waals surface area contributed by atoms with Crippen LogP contribution in [0.1, 0.15) is 21.5 Å². The van der Waals surface area contributed by atoms with Crippen LogP contribution in [0.5, 0.6) is 0 Å². The topological polar surface area (TPSA) is 219 Å². The number of tetrazole rings is 1. The predicted molar refractivity (Wildman–Crippen MR) is 146 cm³/mol. The van der Waals surface area contributed by atoms with Gasteiger partial charge in [0.05, 0.1) is 6.26 Å². The van der Waals surface area contributed by atoms with Gasteiger partial charge in [0, 0.05) is 23.4 Å². The summed E-state index contributed by atoms with van der Waals surface area (Å²) in [5.74, 6) is -5.95. The van der Waals surface area contributed by atoms with Crippen molar-refractivity contribution in [2.75, 3.05) is 11.5 Å². The lowest BCUT2D eigenvalue weighted by Crippen LogP contribution is -2.71. The number of carbonyl (C=O) groups excluding carboxylic acids is 5. The zero-order valence-electron chi connectivity index (χ0n) is 21.4. The van der Waals surface area contributed by atoms with E-state index >= 15 is 0 Å². The average Bonchev–Trinajstić information content (AvgIpc) is 3.76. The molecule has 3 atom stereocenters. The highest BCUT2D eigenvalue weighted by atomic mass is 32.2. The largest absolute Gasteiger partial charge is 0.477 e. The molecule has 218 valence electrons. The van der Waals surface area contributed by atoms with Crippen LogP contribution in [0, 0.1) is 0 Å². The number of amides is 5. The van der Waals surface area contributed by atoms with Crippen LogP contribution in [0.2, 0.25) is 0 Å². The van der Waals surface area contributed by atoms with Crippen molar-refractivity contribution in [3.05, 3.63) is 57.8 Å². The minimum atomic E-state index is -1.38. The Labute approximate surface area is 248 Å². The number of rotatable bonds is 9. The van der Waals surface area contributed by atoms with Crippen LogP contribution < -0.4 is 16.0 Å². The van der Waals surface area contributed by atoms with Gasteiger partial charge in [-0.25, -0.2) is 9.48 Å². The molecule has 0 aliphatic carbocycles. The minimum absolute atomic E-state index is 0.169. The average molecular weight is 633 g/mol. The first-order valence-corrected chi connectivity index (χ1v) is 14.9. The Balaban J connectivity index is 1.26. The number of β-lactam (4-membered cyclic amide) rings is 1. The summed E-state index contributed by atoms with van der Waals surface area (Å²) in [6.07, 6.45) is 1.22. The number of thiophene rings is 1. The summed E-state index contributed by atoms with van der Waals surface area (Å²) in [4.78, 5) is 77.0. The third-order valence-electron chi connectivity index (χ3n) is 6.05. The highest BCUT2D eigenvalue weighted by molar-refractivity contribution is 8.01. The highest BCUT2D eigenvalue weighted by Gasteiger charge is 2.54. The van der Waals surface area contributed by atoms with E-state index in [4.69, 9.17) is 4.42 Å². The van der Waals surface area contributed by atoms with Gasteiger partial charge in [-0.3, -0.25) is 34.2 Å². The van der Waals surface area contributed by atoms with E-state index in [9.17, 15) is 33.9 Å². The quantitative estimate of drug-likeness (QED) is 0.133. The van der Waals surface area contributed by atoms with E-state index in [1.54, 1.807) is 24.6 Å². The lowest BCUT2D eigenvalue weighted by molar-refractivity contribution is -0.151. The van der Waals surface area contributed by atoms with Crippen LogP contribution in [-0.2, 0) is 31.0 Å².